The third-order valence-electron chi connectivity index (χ3n) is 4.64. The number of carbonyl (C=O) groups is 3. The van der Waals surface area contributed by atoms with Crippen LogP contribution in [0, 0.1) is 0 Å². The second kappa shape index (κ2) is 10.8. The molecule has 0 saturated carbocycles. The predicted octanol–water partition coefficient (Wildman–Crippen LogP) is 3.65. The summed E-state index contributed by atoms with van der Waals surface area (Å²) in [6, 6.07) is 22.0. The van der Waals surface area contributed by atoms with E-state index in [-0.39, 0.29) is 17.9 Å². The van der Waals surface area contributed by atoms with Crippen molar-refractivity contribution in [2.45, 2.75) is 26.0 Å². The first kappa shape index (κ1) is 22.6. The van der Waals surface area contributed by atoms with Crippen LogP contribution in [-0.4, -0.2) is 28.9 Å². The summed E-state index contributed by atoms with van der Waals surface area (Å²) >= 11 is 0. The summed E-state index contributed by atoms with van der Waals surface area (Å²) in [7, 11) is 0. The zero-order valence-corrected chi connectivity index (χ0v) is 17.6. The van der Waals surface area contributed by atoms with Crippen molar-refractivity contribution < 1.29 is 24.2 Å². The SMILES string of the molecule is CC(=O)Nc1cccc(C(=O)N[C@@H](Cc2cccc(OCc3ccccc3)c2)C(=O)O)c1. The van der Waals surface area contributed by atoms with Crippen LogP contribution >= 0.6 is 0 Å². The Morgan fingerprint density at radius 2 is 1.62 bits per heavy atom. The number of ether oxygens (including phenoxy) is 1. The van der Waals surface area contributed by atoms with E-state index in [4.69, 9.17) is 4.74 Å². The predicted molar refractivity (Wildman–Crippen MR) is 121 cm³/mol. The zero-order chi connectivity index (χ0) is 22.9. The number of anilines is 1. The first-order chi connectivity index (χ1) is 15.4. The van der Waals surface area contributed by atoms with Gasteiger partial charge in [-0.3, -0.25) is 9.59 Å². The Morgan fingerprint density at radius 1 is 0.906 bits per heavy atom. The number of benzene rings is 3. The van der Waals surface area contributed by atoms with Crippen molar-refractivity contribution in [1.82, 2.24) is 5.32 Å². The molecule has 7 nitrogen and oxygen atoms in total. The highest BCUT2D eigenvalue weighted by atomic mass is 16.5. The smallest absolute Gasteiger partial charge is 0.326 e. The minimum atomic E-state index is -1.15. The Kier molecular flexibility index (Phi) is 7.59. The van der Waals surface area contributed by atoms with Crippen molar-refractivity contribution >= 4 is 23.5 Å². The highest BCUT2D eigenvalue weighted by Crippen LogP contribution is 2.17. The lowest BCUT2D eigenvalue weighted by atomic mass is 10.0. The summed E-state index contributed by atoms with van der Waals surface area (Å²) in [5.74, 6) is -1.33. The van der Waals surface area contributed by atoms with Crippen LogP contribution in [0.2, 0.25) is 0 Å². The Balaban J connectivity index is 1.66. The molecule has 0 saturated heterocycles. The minimum absolute atomic E-state index is 0.0923. The second-order valence-electron chi connectivity index (χ2n) is 7.25. The van der Waals surface area contributed by atoms with Gasteiger partial charge in [-0.1, -0.05) is 48.5 Å². The number of aliphatic carboxylic acids is 1. The Morgan fingerprint density at radius 3 is 2.34 bits per heavy atom. The molecule has 0 aliphatic heterocycles. The van der Waals surface area contributed by atoms with Gasteiger partial charge in [0.25, 0.3) is 5.91 Å². The molecule has 3 rings (SSSR count). The maximum Gasteiger partial charge on any atom is 0.326 e. The van der Waals surface area contributed by atoms with Crippen LogP contribution in [0.15, 0.2) is 78.9 Å². The van der Waals surface area contributed by atoms with E-state index in [1.165, 1.54) is 13.0 Å². The third kappa shape index (κ3) is 6.70. The summed E-state index contributed by atoms with van der Waals surface area (Å²) in [6.07, 6.45) is 0.0923. The van der Waals surface area contributed by atoms with Crippen molar-refractivity contribution in [3.63, 3.8) is 0 Å². The maximum atomic E-state index is 12.6. The summed E-state index contributed by atoms with van der Waals surface area (Å²) in [4.78, 5) is 35.6. The van der Waals surface area contributed by atoms with Crippen LogP contribution < -0.4 is 15.4 Å². The highest BCUT2D eigenvalue weighted by molar-refractivity contribution is 5.98. The fraction of sp³-hybridized carbons (Fsp3) is 0.160. The quantitative estimate of drug-likeness (QED) is 0.479. The number of nitrogens with one attached hydrogen (secondary N) is 2. The summed E-state index contributed by atoms with van der Waals surface area (Å²) in [5.41, 5.74) is 2.45. The molecule has 3 aromatic rings. The number of hydrogen-bond donors (Lipinski definition) is 3. The van der Waals surface area contributed by atoms with Crippen LogP contribution in [-0.2, 0) is 22.6 Å². The molecule has 0 bridgehead atoms. The number of hydrogen-bond acceptors (Lipinski definition) is 4. The summed E-state index contributed by atoms with van der Waals surface area (Å²) in [5, 5.41) is 14.8. The molecule has 164 valence electrons. The van der Waals surface area contributed by atoms with Crippen LogP contribution in [0.1, 0.15) is 28.4 Å². The third-order valence-corrected chi connectivity index (χ3v) is 4.64. The molecule has 0 heterocycles. The first-order valence-electron chi connectivity index (χ1n) is 10.1. The van der Waals surface area contributed by atoms with E-state index in [1.807, 2.05) is 30.3 Å². The van der Waals surface area contributed by atoms with Crippen molar-refractivity contribution in [1.29, 1.82) is 0 Å². The van der Waals surface area contributed by atoms with Gasteiger partial charge in [0.1, 0.15) is 18.4 Å². The first-order valence-corrected chi connectivity index (χ1v) is 10.1. The van der Waals surface area contributed by atoms with Gasteiger partial charge in [-0.25, -0.2) is 4.79 Å². The van der Waals surface area contributed by atoms with E-state index < -0.39 is 17.9 Å². The topological polar surface area (TPSA) is 105 Å². The Hall–Kier alpha value is -4.13. The van der Waals surface area contributed by atoms with Gasteiger partial charge in [-0.2, -0.15) is 0 Å². The lowest BCUT2D eigenvalue weighted by Gasteiger charge is -2.16. The molecule has 1 atom stereocenters. The summed E-state index contributed by atoms with van der Waals surface area (Å²) < 4.78 is 5.80. The van der Waals surface area contributed by atoms with Crippen molar-refractivity contribution in [2.24, 2.45) is 0 Å². The van der Waals surface area contributed by atoms with E-state index in [9.17, 15) is 19.5 Å². The second-order valence-corrected chi connectivity index (χ2v) is 7.25. The van der Waals surface area contributed by atoms with Crippen LogP contribution in [0.4, 0.5) is 5.69 Å². The van der Waals surface area contributed by atoms with E-state index in [1.54, 1.807) is 42.5 Å². The molecule has 0 aliphatic carbocycles. The Bertz CT molecular complexity index is 1100. The van der Waals surface area contributed by atoms with Crippen molar-refractivity contribution in [3.8, 4) is 5.75 Å². The number of carbonyl (C=O) groups excluding carboxylic acids is 2. The number of carboxylic acids is 1. The molecular formula is C25H24N2O5. The zero-order valence-electron chi connectivity index (χ0n) is 17.6. The molecule has 0 unspecified atom stereocenters. The average molecular weight is 432 g/mol. The summed E-state index contributed by atoms with van der Waals surface area (Å²) in [6.45, 7) is 1.76. The van der Waals surface area contributed by atoms with Gasteiger partial charge in [-0.15, -0.1) is 0 Å². The van der Waals surface area contributed by atoms with Gasteiger partial charge in [-0.05, 0) is 41.5 Å². The average Bonchev–Trinajstić information content (AvgIpc) is 2.78. The fourth-order valence-corrected chi connectivity index (χ4v) is 3.12. The van der Waals surface area contributed by atoms with Crippen LogP contribution in [0.3, 0.4) is 0 Å². The van der Waals surface area contributed by atoms with E-state index >= 15 is 0 Å². The molecule has 0 fully saturated rings. The molecule has 7 heteroatoms. The lowest BCUT2D eigenvalue weighted by molar-refractivity contribution is -0.139. The maximum absolute atomic E-state index is 12.6. The standard InChI is InChI=1S/C25H24N2O5/c1-17(28)26-21-11-6-10-20(15-21)24(29)27-23(25(30)31)14-19-9-5-12-22(13-19)32-16-18-7-3-2-4-8-18/h2-13,15,23H,14,16H2,1H3,(H,26,28)(H,27,29)(H,30,31)/t23-/m0/s1. The van der Waals surface area contributed by atoms with E-state index in [0.29, 0.717) is 18.0 Å². The molecule has 0 radical (unpaired) electrons. The highest BCUT2D eigenvalue weighted by Gasteiger charge is 2.21. The van der Waals surface area contributed by atoms with Gasteiger partial charge in [0.05, 0.1) is 0 Å². The molecule has 3 aromatic carbocycles. The normalized spacial score (nSPS) is 11.3. The molecule has 0 aromatic heterocycles. The largest absolute Gasteiger partial charge is 0.489 e. The molecular weight excluding hydrogens is 408 g/mol. The van der Waals surface area contributed by atoms with Crippen molar-refractivity contribution in [2.75, 3.05) is 5.32 Å². The fourth-order valence-electron chi connectivity index (χ4n) is 3.12. The van der Waals surface area contributed by atoms with Crippen LogP contribution in [0.25, 0.3) is 0 Å². The van der Waals surface area contributed by atoms with Gasteiger partial charge < -0.3 is 20.5 Å². The van der Waals surface area contributed by atoms with E-state index in [2.05, 4.69) is 10.6 Å². The van der Waals surface area contributed by atoms with Gasteiger partial charge in [0.2, 0.25) is 5.91 Å². The number of amides is 2. The van der Waals surface area contributed by atoms with Gasteiger partial charge in [0, 0.05) is 24.6 Å². The molecule has 0 aliphatic rings. The number of rotatable bonds is 9. The van der Waals surface area contributed by atoms with Gasteiger partial charge in [0.15, 0.2) is 0 Å². The number of carboxylic acid groups (broad SMARTS) is 1. The minimum Gasteiger partial charge on any atom is -0.489 e. The van der Waals surface area contributed by atoms with Gasteiger partial charge >= 0.3 is 5.97 Å². The molecule has 2 amide bonds. The van der Waals surface area contributed by atoms with Crippen molar-refractivity contribution in [3.05, 3.63) is 95.6 Å². The molecule has 3 N–H and O–H groups in total. The molecule has 32 heavy (non-hydrogen) atoms. The van der Waals surface area contributed by atoms with Crippen LogP contribution in [0.5, 0.6) is 5.75 Å². The molecule has 0 spiro atoms. The van der Waals surface area contributed by atoms with E-state index in [0.717, 1.165) is 11.1 Å². The Labute approximate surface area is 186 Å². The monoisotopic (exact) mass is 432 g/mol. The lowest BCUT2D eigenvalue weighted by Crippen LogP contribution is -2.42.